The third-order valence-corrected chi connectivity index (χ3v) is 4.99. The molecule has 5 heteroatoms. The van der Waals surface area contributed by atoms with Gasteiger partial charge in [0.15, 0.2) is 5.76 Å². The molecule has 4 rings (SSSR count). The Kier molecular flexibility index (Phi) is 4.47. The molecule has 0 saturated carbocycles. The van der Waals surface area contributed by atoms with E-state index in [1.54, 1.807) is 12.1 Å². The van der Waals surface area contributed by atoms with Gasteiger partial charge in [-0.3, -0.25) is 9.69 Å². The zero-order valence-corrected chi connectivity index (χ0v) is 14.7. The van der Waals surface area contributed by atoms with Crippen LogP contribution in [0.25, 0.3) is 11.0 Å². The van der Waals surface area contributed by atoms with Crippen molar-refractivity contribution in [2.45, 2.75) is 13.5 Å². The Labute approximate surface area is 151 Å². The molecule has 0 spiro atoms. The number of carbonyl (C=O) groups excluding carboxylic acids is 1. The second-order valence-electron chi connectivity index (χ2n) is 6.75. The van der Waals surface area contributed by atoms with Gasteiger partial charge >= 0.3 is 0 Å². The van der Waals surface area contributed by atoms with Crippen molar-refractivity contribution in [1.82, 2.24) is 9.80 Å². The van der Waals surface area contributed by atoms with Gasteiger partial charge in [0.2, 0.25) is 0 Å². The maximum Gasteiger partial charge on any atom is 0.289 e. The summed E-state index contributed by atoms with van der Waals surface area (Å²) in [6, 6.07) is 14.4. The zero-order chi connectivity index (χ0) is 18.1. The van der Waals surface area contributed by atoms with Crippen molar-refractivity contribution in [1.29, 1.82) is 0 Å². The van der Waals surface area contributed by atoms with E-state index in [1.807, 2.05) is 42.2 Å². The number of nitrogens with zero attached hydrogens (tertiary/aromatic N) is 2. The van der Waals surface area contributed by atoms with Crippen LogP contribution >= 0.6 is 0 Å². The monoisotopic (exact) mass is 352 g/mol. The number of furan rings is 1. The minimum atomic E-state index is -0.211. The summed E-state index contributed by atoms with van der Waals surface area (Å²) in [5, 5.41) is 0.987. The second kappa shape index (κ2) is 6.92. The summed E-state index contributed by atoms with van der Waals surface area (Å²) in [6.45, 7) is 5.45. The molecule has 1 aliphatic rings. The first-order valence-electron chi connectivity index (χ1n) is 8.86. The predicted octanol–water partition coefficient (Wildman–Crippen LogP) is 3.84. The third kappa shape index (κ3) is 3.22. The maximum atomic E-state index is 13.3. The van der Waals surface area contributed by atoms with Crippen LogP contribution in [0.2, 0.25) is 0 Å². The van der Waals surface area contributed by atoms with Crippen molar-refractivity contribution in [2.24, 2.45) is 0 Å². The number of carbonyl (C=O) groups is 1. The van der Waals surface area contributed by atoms with Gasteiger partial charge in [0.1, 0.15) is 11.4 Å². The van der Waals surface area contributed by atoms with Crippen LogP contribution in [0.1, 0.15) is 21.7 Å². The maximum absolute atomic E-state index is 13.3. The quantitative estimate of drug-likeness (QED) is 0.719. The molecule has 2 aromatic carbocycles. The molecule has 0 radical (unpaired) electrons. The van der Waals surface area contributed by atoms with E-state index in [9.17, 15) is 9.18 Å². The minimum absolute atomic E-state index is 0.0518. The molecule has 1 saturated heterocycles. The first kappa shape index (κ1) is 16.8. The normalized spacial score (nSPS) is 15.5. The molecular weight excluding hydrogens is 331 g/mol. The van der Waals surface area contributed by atoms with Crippen molar-refractivity contribution in [3.8, 4) is 0 Å². The van der Waals surface area contributed by atoms with Crippen LogP contribution < -0.4 is 0 Å². The second-order valence-corrected chi connectivity index (χ2v) is 6.75. The average Bonchev–Trinajstić information content (AvgIpc) is 2.99. The summed E-state index contributed by atoms with van der Waals surface area (Å²) in [5.74, 6) is 0.172. The number of hydrogen-bond donors (Lipinski definition) is 0. The van der Waals surface area contributed by atoms with E-state index < -0.39 is 0 Å². The van der Waals surface area contributed by atoms with Crippen LogP contribution in [0.15, 0.2) is 52.9 Å². The van der Waals surface area contributed by atoms with E-state index in [1.165, 1.54) is 6.07 Å². The van der Waals surface area contributed by atoms with Crippen LogP contribution in [-0.4, -0.2) is 41.9 Å². The Morgan fingerprint density at radius 3 is 2.58 bits per heavy atom. The summed E-state index contributed by atoms with van der Waals surface area (Å²) in [7, 11) is 0. The van der Waals surface area contributed by atoms with E-state index in [-0.39, 0.29) is 11.7 Å². The van der Waals surface area contributed by atoms with Crippen LogP contribution in [0.5, 0.6) is 0 Å². The molecule has 0 atom stereocenters. The third-order valence-electron chi connectivity index (χ3n) is 4.99. The minimum Gasteiger partial charge on any atom is -0.451 e. The lowest BCUT2D eigenvalue weighted by Gasteiger charge is -2.34. The summed E-state index contributed by atoms with van der Waals surface area (Å²) < 4.78 is 19.1. The number of hydrogen-bond acceptors (Lipinski definition) is 3. The fourth-order valence-electron chi connectivity index (χ4n) is 3.52. The summed E-state index contributed by atoms with van der Waals surface area (Å²) in [4.78, 5) is 16.9. The Bertz CT molecular complexity index is 942. The molecule has 2 heterocycles. The molecule has 0 unspecified atom stereocenters. The highest BCUT2D eigenvalue weighted by Crippen LogP contribution is 2.26. The van der Waals surface area contributed by atoms with Gasteiger partial charge < -0.3 is 9.32 Å². The van der Waals surface area contributed by atoms with Crippen LogP contribution in [0.4, 0.5) is 4.39 Å². The molecule has 134 valence electrons. The highest BCUT2D eigenvalue weighted by atomic mass is 19.1. The fourth-order valence-corrected chi connectivity index (χ4v) is 3.52. The highest BCUT2D eigenvalue weighted by Gasteiger charge is 2.26. The van der Waals surface area contributed by atoms with Gasteiger partial charge in [-0.1, -0.05) is 30.3 Å². The van der Waals surface area contributed by atoms with Crippen molar-refractivity contribution >= 4 is 16.9 Å². The van der Waals surface area contributed by atoms with Crippen LogP contribution in [0.3, 0.4) is 0 Å². The largest absolute Gasteiger partial charge is 0.451 e. The molecule has 0 bridgehead atoms. The molecule has 3 aromatic rings. The first-order chi connectivity index (χ1) is 12.6. The van der Waals surface area contributed by atoms with Crippen LogP contribution in [0, 0.1) is 12.7 Å². The Morgan fingerprint density at radius 2 is 1.85 bits per heavy atom. The SMILES string of the molecule is Cc1c(C(=O)N2CCN(Cc3cccc(F)c3)CC2)oc2ccccc12. The number of para-hydroxylation sites is 1. The number of amides is 1. The lowest BCUT2D eigenvalue weighted by Crippen LogP contribution is -2.48. The predicted molar refractivity (Wildman–Crippen MR) is 98.5 cm³/mol. The molecule has 1 fully saturated rings. The molecule has 1 amide bonds. The Morgan fingerprint density at radius 1 is 1.08 bits per heavy atom. The highest BCUT2D eigenvalue weighted by molar-refractivity contribution is 5.98. The number of halogens is 1. The lowest BCUT2D eigenvalue weighted by atomic mass is 10.1. The standard InChI is InChI=1S/C21H21FN2O2/c1-15-18-7-2-3-8-19(18)26-20(15)21(25)24-11-9-23(10-12-24)14-16-5-4-6-17(22)13-16/h2-8,13H,9-12,14H2,1H3. The van der Waals surface area contributed by atoms with E-state index >= 15 is 0 Å². The number of piperazine rings is 1. The molecule has 1 aliphatic heterocycles. The summed E-state index contributed by atoms with van der Waals surface area (Å²) >= 11 is 0. The van der Waals surface area contributed by atoms with Gasteiger partial charge in [-0.15, -0.1) is 0 Å². The zero-order valence-electron chi connectivity index (χ0n) is 14.7. The summed E-state index contributed by atoms with van der Waals surface area (Å²) in [5.41, 5.74) is 2.60. The van der Waals surface area contributed by atoms with E-state index in [0.29, 0.717) is 25.4 Å². The van der Waals surface area contributed by atoms with Crippen molar-refractivity contribution in [3.63, 3.8) is 0 Å². The number of benzene rings is 2. The topological polar surface area (TPSA) is 36.7 Å². The number of rotatable bonds is 3. The molecular formula is C21H21FN2O2. The molecule has 0 aliphatic carbocycles. The average molecular weight is 352 g/mol. The van der Waals surface area contributed by atoms with E-state index in [2.05, 4.69) is 4.90 Å². The van der Waals surface area contributed by atoms with Gasteiger partial charge in [0, 0.05) is 43.7 Å². The van der Waals surface area contributed by atoms with E-state index in [4.69, 9.17) is 4.42 Å². The molecule has 0 N–H and O–H groups in total. The number of aryl methyl sites for hydroxylation is 1. The van der Waals surface area contributed by atoms with Gasteiger partial charge in [0.25, 0.3) is 5.91 Å². The van der Waals surface area contributed by atoms with Gasteiger partial charge in [0.05, 0.1) is 0 Å². The summed E-state index contributed by atoms with van der Waals surface area (Å²) in [6.07, 6.45) is 0. The van der Waals surface area contributed by atoms with Crippen LogP contribution in [-0.2, 0) is 6.54 Å². The molecule has 1 aromatic heterocycles. The first-order valence-corrected chi connectivity index (χ1v) is 8.86. The fraction of sp³-hybridized carbons (Fsp3) is 0.286. The lowest BCUT2D eigenvalue weighted by molar-refractivity contribution is 0.0599. The van der Waals surface area contributed by atoms with E-state index in [0.717, 1.165) is 35.2 Å². The van der Waals surface area contributed by atoms with Crippen molar-refractivity contribution < 1.29 is 13.6 Å². The Hall–Kier alpha value is -2.66. The van der Waals surface area contributed by atoms with Gasteiger partial charge in [-0.2, -0.15) is 0 Å². The number of fused-ring (bicyclic) bond motifs is 1. The Balaban J connectivity index is 1.42. The van der Waals surface area contributed by atoms with Gasteiger partial charge in [-0.25, -0.2) is 4.39 Å². The van der Waals surface area contributed by atoms with Crippen molar-refractivity contribution in [3.05, 3.63) is 71.2 Å². The van der Waals surface area contributed by atoms with Gasteiger partial charge in [-0.05, 0) is 30.7 Å². The van der Waals surface area contributed by atoms with Crippen molar-refractivity contribution in [2.75, 3.05) is 26.2 Å². The smallest absolute Gasteiger partial charge is 0.289 e. The molecule has 4 nitrogen and oxygen atoms in total. The molecule has 26 heavy (non-hydrogen) atoms.